The third-order valence-electron chi connectivity index (χ3n) is 14.5. The fraction of sp³-hybridized carbons (Fsp3) is 0.755. The van der Waals surface area contributed by atoms with Gasteiger partial charge in [0.2, 0.25) is 11.7 Å². The Bertz CT molecular complexity index is 1660. The molecule has 3 aliphatic carbocycles. The number of benzene rings is 1. The summed E-state index contributed by atoms with van der Waals surface area (Å²) in [5.41, 5.74) is 2.54. The van der Waals surface area contributed by atoms with Crippen LogP contribution in [-0.4, -0.2) is 110 Å². The first-order valence-corrected chi connectivity index (χ1v) is 25.9. The second-order valence-electron chi connectivity index (χ2n) is 19.1. The molecule has 4 N–H and O–H groups in total. The highest BCUT2D eigenvalue weighted by atomic mass is 16.7. The van der Waals surface area contributed by atoms with Crippen LogP contribution in [0.3, 0.4) is 0 Å². The highest BCUT2D eigenvalue weighted by molar-refractivity contribution is 6.03. The van der Waals surface area contributed by atoms with Crippen LogP contribution in [0, 0.1) is 23.7 Å². The molecule has 0 saturated heterocycles. The minimum absolute atomic E-state index is 0.0130. The number of fused-ring (bicyclic) bond motifs is 2. The van der Waals surface area contributed by atoms with Gasteiger partial charge in [0, 0.05) is 50.6 Å². The van der Waals surface area contributed by atoms with Gasteiger partial charge in [-0.25, -0.2) is 4.79 Å². The van der Waals surface area contributed by atoms with Crippen molar-refractivity contribution in [3.8, 4) is 11.5 Å². The second kappa shape index (κ2) is 29.4. The molecule has 5 rings (SSSR count). The zero-order valence-electron chi connectivity index (χ0n) is 40.6. The van der Waals surface area contributed by atoms with E-state index in [4.69, 9.17) is 28.9 Å². The highest BCUT2D eigenvalue weighted by Gasteiger charge is 2.65. The fourth-order valence-electron chi connectivity index (χ4n) is 11.3. The number of allylic oxidation sites excluding steroid dienone is 1. The van der Waals surface area contributed by atoms with Crippen LogP contribution in [0.5, 0.6) is 11.5 Å². The molecule has 0 bridgehead atoms. The van der Waals surface area contributed by atoms with Crippen LogP contribution in [-0.2, 0) is 19.1 Å². The lowest BCUT2D eigenvalue weighted by Crippen LogP contribution is -2.70. The van der Waals surface area contributed by atoms with E-state index in [-0.39, 0.29) is 69.8 Å². The van der Waals surface area contributed by atoms with Gasteiger partial charge in [0.05, 0.1) is 38.1 Å². The number of aliphatic hydroxyl groups excluding tert-OH is 3. The molecule has 0 spiro atoms. The van der Waals surface area contributed by atoms with Crippen molar-refractivity contribution in [2.75, 3.05) is 59.8 Å². The van der Waals surface area contributed by atoms with Gasteiger partial charge in [-0.3, -0.25) is 4.79 Å². The molecular weight excluding hydrogens is 839 g/mol. The van der Waals surface area contributed by atoms with Gasteiger partial charge in [0.25, 0.3) is 0 Å². The van der Waals surface area contributed by atoms with Crippen molar-refractivity contribution < 1.29 is 48.7 Å². The highest BCUT2D eigenvalue weighted by Crippen LogP contribution is 2.62. The number of nitrogens with zero attached hydrogens (tertiary/aromatic N) is 2. The SMILES string of the molecule is C=CCO[C@@]12Oc3ccc(OC(=O)NCCCCCCCCCCCC)cc3[C@H]3[C@H](CCCCO)[C@@H](CCCCO)C=C(C(=NOC)C[C@@H]1N(CCOCCO)C(=O)CCC1CCCC1)[C@H]32. The Morgan fingerprint density at radius 2 is 1.62 bits per heavy atom. The molecule has 66 heavy (non-hydrogen) atoms. The zero-order chi connectivity index (χ0) is 47.0. The number of carbonyl (C=O) groups excluding carboxylic acids is 2. The molecular formula is C53H85N3O10. The first-order valence-electron chi connectivity index (χ1n) is 25.9. The molecule has 1 aliphatic heterocycles. The molecule has 2 fully saturated rings. The molecule has 13 nitrogen and oxygen atoms in total. The summed E-state index contributed by atoms with van der Waals surface area (Å²) in [5, 5.41) is 37.1. The quantitative estimate of drug-likeness (QED) is 0.0303. The second-order valence-corrected chi connectivity index (χ2v) is 19.1. The van der Waals surface area contributed by atoms with E-state index < -0.39 is 23.8 Å². The number of ether oxygens (including phenoxy) is 4. The molecule has 372 valence electrons. The molecule has 0 aromatic heterocycles. The van der Waals surface area contributed by atoms with Crippen molar-refractivity contribution in [2.45, 2.75) is 172 Å². The standard InChI is InChI=1S/C53H85N3O10/c1-4-6-7-8-9-10-11-12-13-18-29-54-52(61)65-42-26-27-47-45(38-42)50-43(24-17-20-32-58)41(23-16-19-31-57)37-44-46(55-62-3)39-48(53(66-47,51(44)50)64-34-5-2)56(30-35-63-36-33-59)49(60)28-25-40-21-14-15-22-40/h5,26-27,37-38,40-41,43,48,50-51,57-59H,2,4,6-25,28-36,39H2,1,3H3,(H,54,61)/t41-,43+,48-,50+,51+,53+/m0/s1. The normalized spacial score (nSPS) is 24.0. The monoisotopic (exact) mass is 924 g/mol. The number of carbonyl (C=O) groups is 2. The zero-order valence-corrected chi connectivity index (χ0v) is 40.6. The Morgan fingerprint density at radius 3 is 2.30 bits per heavy atom. The van der Waals surface area contributed by atoms with Crippen LogP contribution in [0.4, 0.5) is 4.79 Å². The fourth-order valence-corrected chi connectivity index (χ4v) is 11.3. The number of amides is 2. The Hall–Kier alpha value is -3.49. The van der Waals surface area contributed by atoms with Crippen LogP contribution in [0.25, 0.3) is 0 Å². The third kappa shape index (κ3) is 15.0. The molecule has 13 heteroatoms. The summed E-state index contributed by atoms with van der Waals surface area (Å²) in [5.74, 6) is -0.532. The van der Waals surface area contributed by atoms with Crippen molar-refractivity contribution in [3.63, 3.8) is 0 Å². The van der Waals surface area contributed by atoms with E-state index in [0.29, 0.717) is 55.4 Å². The van der Waals surface area contributed by atoms with Crippen molar-refractivity contribution in [2.24, 2.45) is 28.8 Å². The maximum Gasteiger partial charge on any atom is 0.412 e. The number of nitrogens with one attached hydrogen (secondary N) is 1. The maximum absolute atomic E-state index is 14.8. The molecule has 4 aliphatic rings. The summed E-state index contributed by atoms with van der Waals surface area (Å²) in [6, 6.07) is 4.91. The molecule has 0 radical (unpaired) electrons. The predicted octanol–water partition coefficient (Wildman–Crippen LogP) is 9.77. The summed E-state index contributed by atoms with van der Waals surface area (Å²) in [4.78, 5) is 35.6. The van der Waals surface area contributed by atoms with Gasteiger partial charge >= 0.3 is 6.09 Å². The van der Waals surface area contributed by atoms with Crippen molar-refractivity contribution in [1.82, 2.24) is 10.2 Å². The van der Waals surface area contributed by atoms with E-state index in [2.05, 4.69) is 24.9 Å². The van der Waals surface area contributed by atoms with Crippen molar-refractivity contribution in [1.29, 1.82) is 0 Å². The number of rotatable bonds is 33. The Morgan fingerprint density at radius 1 is 0.909 bits per heavy atom. The van der Waals surface area contributed by atoms with Gasteiger partial charge in [0.1, 0.15) is 24.7 Å². The van der Waals surface area contributed by atoms with E-state index in [1.807, 2.05) is 17.0 Å². The van der Waals surface area contributed by atoms with Gasteiger partial charge in [-0.2, -0.15) is 0 Å². The molecule has 0 unspecified atom stereocenters. The van der Waals surface area contributed by atoms with E-state index in [1.165, 1.54) is 57.8 Å². The minimum atomic E-state index is -1.40. The predicted molar refractivity (Wildman–Crippen MR) is 259 cm³/mol. The van der Waals surface area contributed by atoms with E-state index in [0.717, 1.165) is 75.3 Å². The summed E-state index contributed by atoms with van der Waals surface area (Å²) >= 11 is 0. The first kappa shape index (κ1) is 53.5. The number of aliphatic hydroxyl groups is 3. The van der Waals surface area contributed by atoms with Crippen LogP contribution in [0.1, 0.15) is 166 Å². The molecule has 1 aromatic carbocycles. The van der Waals surface area contributed by atoms with Gasteiger partial charge in [0.15, 0.2) is 0 Å². The van der Waals surface area contributed by atoms with Crippen LogP contribution >= 0.6 is 0 Å². The van der Waals surface area contributed by atoms with Crippen LogP contribution in [0.15, 0.2) is 47.7 Å². The average molecular weight is 924 g/mol. The summed E-state index contributed by atoms with van der Waals surface area (Å²) in [6.07, 6.45) is 26.3. The van der Waals surface area contributed by atoms with Gasteiger partial charge in [-0.05, 0) is 80.1 Å². The smallest absolute Gasteiger partial charge is 0.412 e. The molecule has 2 saturated carbocycles. The van der Waals surface area contributed by atoms with Crippen LogP contribution in [0.2, 0.25) is 0 Å². The van der Waals surface area contributed by atoms with E-state index >= 15 is 0 Å². The summed E-state index contributed by atoms with van der Waals surface area (Å²) in [6.45, 7) is 7.66. The molecule has 1 aromatic rings. The first-order chi connectivity index (χ1) is 32.3. The van der Waals surface area contributed by atoms with Gasteiger partial charge < -0.3 is 49.3 Å². The minimum Gasteiger partial charge on any atom is -0.459 e. The van der Waals surface area contributed by atoms with E-state index in [1.54, 1.807) is 19.3 Å². The van der Waals surface area contributed by atoms with Crippen LogP contribution < -0.4 is 14.8 Å². The largest absolute Gasteiger partial charge is 0.459 e. The Balaban J connectivity index is 1.52. The number of unbranched alkanes of at least 4 members (excludes halogenated alkanes) is 11. The lowest BCUT2D eigenvalue weighted by Gasteiger charge is -2.60. The Labute approximate surface area is 396 Å². The topological polar surface area (TPSA) is 169 Å². The summed E-state index contributed by atoms with van der Waals surface area (Å²) in [7, 11) is 1.54. The van der Waals surface area contributed by atoms with Gasteiger partial charge in [-0.15, -0.1) is 6.58 Å². The number of oxime groups is 1. The van der Waals surface area contributed by atoms with Crippen molar-refractivity contribution >= 4 is 17.7 Å². The lowest BCUT2D eigenvalue weighted by atomic mass is 9.55. The van der Waals surface area contributed by atoms with Gasteiger partial charge in [-0.1, -0.05) is 121 Å². The van der Waals surface area contributed by atoms with E-state index in [9.17, 15) is 24.9 Å². The number of hydrogen-bond donors (Lipinski definition) is 4. The molecule has 1 heterocycles. The number of hydrogen-bond acceptors (Lipinski definition) is 11. The van der Waals surface area contributed by atoms with Crippen molar-refractivity contribution in [3.05, 3.63) is 48.1 Å². The maximum atomic E-state index is 14.8. The lowest BCUT2D eigenvalue weighted by molar-refractivity contribution is -0.258. The molecule has 6 atom stereocenters. The molecule has 2 amide bonds. The Kier molecular flexibility index (Phi) is 23.8. The third-order valence-corrected chi connectivity index (χ3v) is 14.5. The average Bonchev–Trinajstić information content (AvgIpc) is 3.85. The summed E-state index contributed by atoms with van der Waals surface area (Å²) < 4.78 is 26.3.